The average Bonchev–Trinajstić information content (AvgIpc) is 3.09. The predicted octanol–water partition coefficient (Wildman–Crippen LogP) is 10.1. The zero-order valence-electron chi connectivity index (χ0n) is 23.5. The molecule has 4 aromatic heterocycles. The monoisotopic (exact) mass is 558 g/mol. The fraction of sp³-hybridized carbons (Fsp3) is 0. The van der Waals surface area contributed by atoms with E-state index in [1.807, 2.05) is 24.5 Å². The highest BCUT2D eigenvalue weighted by atomic mass is 14.8. The SMILES string of the molecule is c1cnc2c(c1)ccc1ccc(-c3cc4ccc5cc(-c6ccc7ccc8cccnc8c7n6)cc6ccc(c3)c4c56)nc12. The Kier molecular flexibility index (Phi) is 4.69. The molecule has 10 aromatic rings. The number of hydrogen-bond acceptors (Lipinski definition) is 4. The second kappa shape index (κ2) is 8.76. The molecule has 0 amide bonds. The van der Waals surface area contributed by atoms with E-state index in [0.29, 0.717) is 0 Å². The van der Waals surface area contributed by atoms with Crippen molar-refractivity contribution in [1.82, 2.24) is 19.9 Å². The van der Waals surface area contributed by atoms with Gasteiger partial charge in [0.2, 0.25) is 0 Å². The lowest BCUT2D eigenvalue weighted by molar-refractivity contribution is 1.37. The molecule has 10 rings (SSSR count). The minimum Gasteiger partial charge on any atom is -0.254 e. The lowest BCUT2D eigenvalue weighted by Gasteiger charge is -2.14. The molecule has 6 aromatic carbocycles. The number of pyridine rings is 4. The van der Waals surface area contributed by atoms with Crippen LogP contribution in [-0.2, 0) is 0 Å². The first-order chi connectivity index (χ1) is 21.8. The maximum atomic E-state index is 5.12. The maximum Gasteiger partial charge on any atom is 0.0972 e. The van der Waals surface area contributed by atoms with Crippen molar-refractivity contribution in [2.24, 2.45) is 0 Å². The van der Waals surface area contributed by atoms with Crippen molar-refractivity contribution in [3.05, 3.63) is 134 Å². The van der Waals surface area contributed by atoms with Crippen molar-refractivity contribution >= 4 is 75.9 Å². The molecule has 4 heterocycles. The second-order valence-electron chi connectivity index (χ2n) is 11.5. The van der Waals surface area contributed by atoms with Crippen LogP contribution in [0.4, 0.5) is 0 Å². The Balaban J connectivity index is 1.14. The molecule has 0 aliphatic heterocycles. The number of aromatic nitrogens is 4. The molecule has 0 aliphatic rings. The lowest BCUT2D eigenvalue weighted by atomic mass is 9.90. The quantitative estimate of drug-likeness (QED) is 0.198. The van der Waals surface area contributed by atoms with E-state index in [9.17, 15) is 0 Å². The van der Waals surface area contributed by atoms with Crippen LogP contribution in [0.15, 0.2) is 134 Å². The Bertz CT molecular complexity index is 2520. The number of rotatable bonds is 2. The molecule has 0 N–H and O–H groups in total. The summed E-state index contributed by atoms with van der Waals surface area (Å²) in [7, 11) is 0. The minimum atomic E-state index is 0.935. The summed E-state index contributed by atoms with van der Waals surface area (Å²) in [5.41, 5.74) is 7.85. The molecule has 0 fully saturated rings. The fourth-order valence-electron chi connectivity index (χ4n) is 6.90. The van der Waals surface area contributed by atoms with E-state index in [-0.39, 0.29) is 0 Å². The molecule has 0 unspecified atom stereocenters. The van der Waals surface area contributed by atoms with E-state index in [2.05, 4.69) is 119 Å². The standard InChI is InChI=1S/C40H22N4/c1-3-23-5-7-25-13-15-33(43-39(25)37(23)41-17-1)31-19-27-9-11-29-21-32(22-30-12-10-28(20-31)35(27)36(29)30)34-16-14-26-8-6-24-4-2-18-42-38(24)40(26)44-34/h1-22H. The molecule has 44 heavy (non-hydrogen) atoms. The Labute approximate surface area is 251 Å². The van der Waals surface area contributed by atoms with E-state index in [1.165, 1.54) is 32.3 Å². The van der Waals surface area contributed by atoms with Gasteiger partial charge in [-0.25, -0.2) is 9.97 Å². The van der Waals surface area contributed by atoms with Crippen LogP contribution >= 0.6 is 0 Å². The molecule has 0 radical (unpaired) electrons. The summed E-state index contributed by atoms with van der Waals surface area (Å²) in [6.07, 6.45) is 3.68. The summed E-state index contributed by atoms with van der Waals surface area (Å²) >= 11 is 0. The third-order valence-electron chi connectivity index (χ3n) is 8.99. The Morgan fingerprint density at radius 1 is 0.318 bits per heavy atom. The average molecular weight is 559 g/mol. The van der Waals surface area contributed by atoms with Crippen LogP contribution in [0.3, 0.4) is 0 Å². The molecular weight excluding hydrogens is 536 g/mol. The van der Waals surface area contributed by atoms with Gasteiger partial charge < -0.3 is 0 Å². The van der Waals surface area contributed by atoms with E-state index in [1.54, 1.807) is 0 Å². The highest BCUT2D eigenvalue weighted by Gasteiger charge is 2.14. The molecule has 0 bridgehead atoms. The Morgan fingerprint density at radius 3 is 1.07 bits per heavy atom. The van der Waals surface area contributed by atoms with Crippen molar-refractivity contribution in [3.63, 3.8) is 0 Å². The first kappa shape index (κ1) is 23.6. The van der Waals surface area contributed by atoms with Crippen LogP contribution in [0.25, 0.3) is 98.4 Å². The van der Waals surface area contributed by atoms with Crippen LogP contribution in [-0.4, -0.2) is 19.9 Å². The van der Waals surface area contributed by atoms with Gasteiger partial charge in [0.1, 0.15) is 0 Å². The van der Waals surface area contributed by atoms with E-state index in [0.717, 1.165) is 66.1 Å². The van der Waals surface area contributed by atoms with Crippen LogP contribution < -0.4 is 0 Å². The molecule has 0 saturated carbocycles. The van der Waals surface area contributed by atoms with Gasteiger partial charge in [-0.3, -0.25) is 9.97 Å². The zero-order valence-corrected chi connectivity index (χ0v) is 23.5. The third-order valence-corrected chi connectivity index (χ3v) is 8.99. The maximum absolute atomic E-state index is 5.12. The normalized spacial score (nSPS) is 12.1. The smallest absolute Gasteiger partial charge is 0.0972 e. The fourth-order valence-corrected chi connectivity index (χ4v) is 6.90. The highest BCUT2D eigenvalue weighted by Crippen LogP contribution is 2.40. The Hall–Kier alpha value is -6.00. The summed E-state index contributed by atoms with van der Waals surface area (Å²) in [5, 5.41) is 11.8. The van der Waals surface area contributed by atoms with Gasteiger partial charge in [-0.1, -0.05) is 72.8 Å². The van der Waals surface area contributed by atoms with Crippen molar-refractivity contribution in [1.29, 1.82) is 0 Å². The summed E-state index contributed by atoms with van der Waals surface area (Å²) < 4.78 is 0. The number of fused-ring (bicyclic) bond motifs is 6. The number of nitrogens with zero attached hydrogens (tertiary/aromatic N) is 4. The summed E-state index contributed by atoms with van der Waals surface area (Å²) in [4.78, 5) is 19.5. The number of benzene rings is 6. The van der Waals surface area contributed by atoms with Gasteiger partial charge in [0.25, 0.3) is 0 Å². The molecule has 0 atom stereocenters. The summed E-state index contributed by atoms with van der Waals surface area (Å²) in [5.74, 6) is 0. The van der Waals surface area contributed by atoms with E-state index in [4.69, 9.17) is 9.97 Å². The highest BCUT2D eigenvalue weighted by molar-refractivity contribution is 6.24. The van der Waals surface area contributed by atoms with Crippen LogP contribution in [0.5, 0.6) is 0 Å². The van der Waals surface area contributed by atoms with Crippen molar-refractivity contribution in [3.8, 4) is 22.5 Å². The Morgan fingerprint density at radius 2 is 0.659 bits per heavy atom. The van der Waals surface area contributed by atoms with Gasteiger partial charge in [-0.2, -0.15) is 0 Å². The van der Waals surface area contributed by atoms with Crippen molar-refractivity contribution in [2.45, 2.75) is 0 Å². The molecular formula is C40H22N4. The topological polar surface area (TPSA) is 51.6 Å². The van der Waals surface area contributed by atoms with Gasteiger partial charge in [0, 0.05) is 45.1 Å². The molecule has 202 valence electrons. The third kappa shape index (κ3) is 3.39. The van der Waals surface area contributed by atoms with Gasteiger partial charge in [0.05, 0.1) is 33.5 Å². The molecule has 0 aliphatic carbocycles. The molecule has 0 saturated heterocycles. The van der Waals surface area contributed by atoms with Crippen molar-refractivity contribution < 1.29 is 0 Å². The van der Waals surface area contributed by atoms with E-state index >= 15 is 0 Å². The van der Waals surface area contributed by atoms with Gasteiger partial charge in [-0.15, -0.1) is 0 Å². The van der Waals surface area contributed by atoms with E-state index < -0.39 is 0 Å². The summed E-state index contributed by atoms with van der Waals surface area (Å²) in [6, 6.07) is 43.1. The van der Waals surface area contributed by atoms with Crippen molar-refractivity contribution in [2.75, 3.05) is 0 Å². The second-order valence-corrected chi connectivity index (χ2v) is 11.5. The summed E-state index contributed by atoms with van der Waals surface area (Å²) in [6.45, 7) is 0. The minimum absolute atomic E-state index is 0.935. The van der Waals surface area contributed by atoms with Crippen LogP contribution in [0.2, 0.25) is 0 Å². The van der Waals surface area contributed by atoms with Gasteiger partial charge in [0.15, 0.2) is 0 Å². The first-order valence-electron chi connectivity index (χ1n) is 14.8. The van der Waals surface area contributed by atoms with Gasteiger partial charge in [-0.05, 0) is 80.8 Å². The van der Waals surface area contributed by atoms with Gasteiger partial charge >= 0.3 is 0 Å². The molecule has 4 heteroatoms. The first-order valence-corrected chi connectivity index (χ1v) is 14.8. The van der Waals surface area contributed by atoms with Crippen LogP contribution in [0.1, 0.15) is 0 Å². The largest absolute Gasteiger partial charge is 0.254 e. The zero-order chi connectivity index (χ0) is 28.8. The number of hydrogen-bond donors (Lipinski definition) is 0. The molecule has 4 nitrogen and oxygen atoms in total. The predicted molar refractivity (Wildman–Crippen MR) is 182 cm³/mol. The lowest BCUT2D eigenvalue weighted by Crippen LogP contribution is -1.91. The molecule has 0 spiro atoms. The van der Waals surface area contributed by atoms with Crippen LogP contribution in [0, 0.1) is 0 Å².